The molecular formula is C52H56N8O11S. The predicted octanol–water partition coefficient (Wildman–Crippen LogP) is 3.49. The molecule has 0 aliphatic heterocycles. The lowest BCUT2D eigenvalue weighted by molar-refractivity contribution is -0.133. The Morgan fingerprint density at radius 1 is 0.708 bits per heavy atom. The Morgan fingerprint density at radius 3 is 1.97 bits per heavy atom. The topological polar surface area (TPSA) is 294 Å². The number of fused-ring (bicyclic) bond motifs is 3. The molecule has 19 nitrogen and oxygen atoms in total. The van der Waals surface area contributed by atoms with Gasteiger partial charge in [-0.3, -0.25) is 38.4 Å². The first-order chi connectivity index (χ1) is 34.6. The molecule has 1 aliphatic rings. The van der Waals surface area contributed by atoms with Gasteiger partial charge in [-0.15, -0.1) is 0 Å². The van der Waals surface area contributed by atoms with E-state index in [0.29, 0.717) is 27.4 Å². The van der Waals surface area contributed by atoms with Crippen molar-refractivity contribution in [1.82, 2.24) is 31.6 Å². The Bertz CT molecular complexity index is 2720. The molecular weight excluding hydrogens is 945 g/mol. The second-order valence-electron chi connectivity index (χ2n) is 17.3. The highest BCUT2D eigenvalue weighted by atomic mass is 32.1. The van der Waals surface area contributed by atoms with Crippen LogP contribution in [-0.2, 0) is 51.1 Å². The minimum absolute atomic E-state index is 0.00598. The fraction of sp³-hybridized carbons (Fsp3) is 0.308. The number of aromatic hydroxyl groups is 1. The molecule has 4 aromatic carbocycles. The van der Waals surface area contributed by atoms with Crippen molar-refractivity contribution in [1.29, 1.82) is 0 Å². The number of thiazole rings is 1. The van der Waals surface area contributed by atoms with Gasteiger partial charge in [0.25, 0.3) is 0 Å². The second-order valence-corrected chi connectivity index (χ2v) is 18.3. The van der Waals surface area contributed by atoms with E-state index in [1.165, 1.54) is 32.2 Å². The fourth-order valence-corrected chi connectivity index (χ4v) is 8.63. The number of Topliss-reactive ketones (excluding diaryl/α,β-unsaturated/α-hetero) is 2. The molecule has 0 radical (unpaired) electrons. The van der Waals surface area contributed by atoms with E-state index in [4.69, 9.17) is 10.5 Å². The van der Waals surface area contributed by atoms with Crippen LogP contribution >= 0.6 is 11.3 Å². The van der Waals surface area contributed by atoms with Crippen LogP contribution in [0.15, 0.2) is 109 Å². The summed E-state index contributed by atoms with van der Waals surface area (Å²) in [4.78, 5) is 121. The number of carbonyl (C=O) groups is 9. The number of rotatable bonds is 26. The molecule has 6 rings (SSSR count). The molecule has 0 spiro atoms. The number of carbonyl (C=O) groups excluding carboxylic acids is 9. The third kappa shape index (κ3) is 15.1. The van der Waals surface area contributed by atoms with Crippen molar-refractivity contribution < 1.29 is 53.0 Å². The van der Waals surface area contributed by atoms with Crippen molar-refractivity contribution in [2.45, 2.75) is 76.0 Å². The van der Waals surface area contributed by atoms with Gasteiger partial charge in [0.05, 0.1) is 29.7 Å². The number of benzene rings is 4. The van der Waals surface area contributed by atoms with Crippen LogP contribution in [0.5, 0.6) is 5.75 Å². The van der Waals surface area contributed by atoms with Crippen LogP contribution in [0.1, 0.15) is 71.0 Å². The first kappa shape index (κ1) is 53.1. The van der Waals surface area contributed by atoms with Gasteiger partial charge in [0.15, 0.2) is 23.0 Å². The van der Waals surface area contributed by atoms with Crippen LogP contribution in [-0.4, -0.2) is 107 Å². The Balaban J connectivity index is 1.01. The highest BCUT2D eigenvalue weighted by Gasteiger charge is 2.32. The van der Waals surface area contributed by atoms with Gasteiger partial charge in [-0.25, -0.2) is 9.78 Å². The molecule has 1 aromatic heterocycles. The maximum atomic E-state index is 13.8. The maximum Gasteiger partial charge on any atom is 0.407 e. The van der Waals surface area contributed by atoms with E-state index < -0.39 is 90.2 Å². The minimum atomic E-state index is -1.43. The van der Waals surface area contributed by atoms with Gasteiger partial charge in [-0.1, -0.05) is 109 Å². The molecule has 9 N–H and O–H groups in total. The molecule has 0 bridgehead atoms. The summed E-state index contributed by atoms with van der Waals surface area (Å²) >= 11 is 1.02. The number of phenols is 1. The molecule has 0 unspecified atom stereocenters. The van der Waals surface area contributed by atoms with E-state index in [-0.39, 0.29) is 50.5 Å². The van der Waals surface area contributed by atoms with E-state index in [9.17, 15) is 48.3 Å². The van der Waals surface area contributed by atoms with Gasteiger partial charge in [0, 0.05) is 44.1 Å². The van der Waals surface area contributed by atoms with E-state index in [1.807, 2.05) is 48.5 Å². The number of primary amides is 1. The molecule has 1 aliphatic carbocycles. The van der Waals surface area contributed by atoms with Gasteiger partial charge in [0.2, 0.25) is 29.5 Å². The minimum Gasteiger partial charge on any atom is -0.508 e. The number of alkyl carbamates (subject to hydrolysis) is 1. The van der Waals surface area contributed by atoms with Gasteiger partial charge in [-0.05, 0) is 58.9 Å². The number of aromatic nitrogens is 1. The van der Waals surface area contributed by atoms with Crippen LogP contribution in [0, 0.1) is 5.92 Å². The summed E-state index contributed by atoms with van der Waals surface area (Å²) in [5.41, 5.74) is 11.0. The number of aldehydes is 1. The zero-order valence-corrected chi connectivity index (χ0v) is 40.4. The lowest BCUT2D eigenvalue weighted by Gasteiger charge is -2.23. The maximum absolute atomic E-state index is 13.8. The summed E-state index contributed by atoms with van der Waals surface area (Å²) in [6, 6.07) is 25.7. The van der Waals surface area contributed by atoms with Crippen LogP contribution < -0.4 is 37.6 Å². The molecule has 0 saturated carbocycles. The third-order valence-electron chi connectivity index (χ3n) is 11.9. The number of nitrogens with zero attached hydrogens (tertiary/aromatic N) is 1. The second kappa shape index (κ2) is 25.6. The van der Waals surface area contributed by atoms with Gasteiger partial charge in [-0.2, -0.15) is 0 Å². The van der Waals surface area contributed by atoms with Crippen molar-refractivity contribution in [2.75, 3.05) is 25.0 Å². The molecule has 72 heavy (non-hydrogen) atoms. The van der Waals surface area contributed by atoms with Crippen molar-refractivity contribution in [2.24, 2.45) is 11.7 Å². The number of anilines is 1. The first-order valence-electron chi connectivity index (χ1n) is 23.2. The van der Waals surface area contributed by atoms with Gasteiger partial charge < -0.3 is 47.5 Å². The first-order valence-corrected chi connectivity index (χ1v) is 24.0. The molecule has 376 valence electrons. The van der Waals surface area contributed by atoms with Crippen molar-refractivity contribution in [3.63, 3.8) is 0 Å². The average molecular weight is 1000 g/mol. The normalized spacial score (nSPS) is 13.6. The quantitative estimate of drug-likeness (QED) is 0.0369. The van der Waals surface area contributed by atoms with E-state index >= 15 is 0 Å². The molecule has 5 aromatic rings. The summed E-state index contributed by atoms with van der Waals surface area (Å²) in [7, 11) is 0. The summed E-state index contributed by atoms with van der Waals surface area (Å²) in [5.74, 6) is -5.91. The van der Waals surface area contributed by atoms with Crippen molar-refractivity contribution in [3.05, 3.63) is 136 Å². The standard InChI is InChI=1S/C52H56N8O11S/c1-30(22-45(64)41(23-33-16-18-34(62)19-17-33)60-52(70)71-29-40-38-14-8-6-12-36(38)37-13-7-9-15-39(37)40)49(68)57-31(2)44(63)20-21-46(65)58-43(26-54-47(66)27-56-51-55-25-35(28-61)72-51)50(69)59-42(48(53)67)24-32-10-4-3-5-11-32/h3-19,25,28,30-31,40-43,62H,20-24,26-27,29H2,1-2H3,(H2,53,67)(H,54,66)(H,55,56)(H,57,68)(H,58,65)(H,59,69)(H,60,70)/t30-,31+,41+,42+,43+/m1/s1. The van der Waals surface area contributed by atoms with E-state index in [2.05, 4.69) is 36.9 Å². The van der Waals surface area contributed by atoms with E-state index in [0.717, 1.165) is 33.6 Å². The highest BCUT2D eigenvalue weighted by molar-refractivity contribution is 7.17. The fourth-order valence-electron chi connectivity index (χ4n) is 8.00. The smallest absolute Gasteiger partial charge is 0.407 e. The zero-order valence-electron chi connectivity index (χ0n) is 39.6. The lowest BCUT2D eigenvalue weighted by atomic mass is 9.94. The summed E-state index contributed by atoms with van der Waals surface area (Å²) in [6.45, 7) is 2.19. The molecule has 5 atom stereocenters. The van der Waals surface area contributed by atoms with Crippen LogP contribution in [0.25, 0.3) is 11.1 Å². The van der Waals surface area contributed by atoms with Crippen LogP contribution in [0.3, 0.4) is 0 Å². The molecule has 0 saturated heterocycles. The Labute approximate surface area is 419 Å². The Kier molecular flexibility index (Phi) is 18.8. The molecule has 20 heteroatoms. The van der Waals surface area contributed by atoms with Crippen LogP contribution in [0.2, 0.25) is 0 Å². The summed E-state index contributed by atoms with van der Waals surface area (Å²) in [6.07, 6.45) is 0.0363. The number of ether oxygens (including phenoxy) is 1. The third-order valence-corrected chi connectivity index (χ3v) is 12.8. The van der Waals surface area contributed by atoms with Gasteiger partial charge in [0.1, 0.15) is 24.4 Å². The van der Waals surface area contributed by atoms with Crippen molar-refractivity contribution in [3.8, 4) is 16.9 Å². The number of nitrogens with two attached hydrogens (primary N) is 1. The number of phenolic OH excluding ortho intramolecular Hbond substituents is 1. The number of ketones is 2. The molecule has 0 fully saturated rings. The molecule has 6 amide bonds. The van der Waals surface area contributed by atoms with E-state index in [1.54, 1.807) is 42.5 Å². The monoisotopic (exact) mass is 1000 g/mol. The summed E-state index contributed by atoms with van der Waals surface area (Å²) in [5, 5.41) is 25.7. The number of nitrogens with one attached hydrogen (secondary N) is 6. The summed E-state index contributed by atoms with van der Waals surface area (Å²) < 4.78 is 5.72. The lowest BCUT2D eigenvalue weighted by Crippen LogP contribution is -2.57. The van der Waals surface area contributed by atoms with Crippen LogP contribution in [0.4, 0.5) is 9.93 Å². The predicted molar refractivity (Wildman–Crippen MR) is 267 cm³/mol. The number of hydrogen-bond acceptors (Lipinski definition) is 14. The Morgan fingerprint density at radius 2 is 1.33 bits per heavy atom. The number of hydrogen-bond donors (Lipinski definition) is 8. The largest absolute Gasteiger partial charge is 0.508 e. The zero-order chi connectivity index (χ0) is 51.7. The number of amides is 6. The SMILES string of the molecule is C[C@H](CC(=O)[C@H](Cc1ccc(O)cc1)NC(=O)OCC1c2ccccc2-c2ccccc21)C(=O)N[C@@H](C)C(=O)CCC(=O)N[C@@H](CNC(=O)CNc1ncc(C=O)s1)C(=O)N[C@@H](Cc1ccccc1)C(N)=O. The average Bonchev–Trinajstić information content (AvgIpc) is 3.98. The molecule has 1 heterocycles. The van der Waals surface area contributed by atoms with Gasteiger partial charge >= 0.3 is 6.09 Å². The highest BCUT2D eigenvalue weighted by Crippen LogP contribution is 2.44. The van der Waals surface area contributed by atoms with Crippen molar-refractivity contribution >= 4 is 70.0 Å². The Hall–Kier alpha value is -8.26.